The molecule has 1 aliphatic heterocycles. The van der Waals surface area contributed by atoms with E-state index in [0.29, 0.717) is 12.1 Å². The van der Waals surface area contributed by atoms with Gasteiger partial charge in [-0.05, 0) is 36.6 Å². The average Bonchev–Trinajstić information content (AvgIpc) is 2.85. The molecule has 1 aromatic rings. The van der Waals surface area contributed by atoms with E-state index < -0.39 is 39.7 Å². The van der Waals surface area contributed by atoms with Crippen LogP contribution in [0.5, 0.6) is 0 Å². The number of amides is 3. The minimum Gasteiger partial charge on any atom is -0.334 e. The van der Waals surface area contributed by atoms with E-state index in [2.05, 4.69) is 16.0 Å². The van der Waals surface area contributed by atoms with E-state index in [4.69, 9.17) is 0 Å². The zero-order chi connectivity index (χ0) is 18.6. The van der Waals surface area contributed by atoms with E-state index in [1.54, 1.807) is 13.8 Å². The molecule has 1 aromatic carbocycles. The van der Waals surface area contributed by atoms with Gasteiger partial charge in [-0.25, -0.2) is 17.6 Å². The van der Waals surface area contributed by atoms with Crippen LogP contribution in [0.25, 0.3) is 0 Å². The first-order chi connectivity index (χ1) is 11.7. The maximum atomic E-state index is 12.9. The van der Waals surface area contributed by atoms with Crippen LogP contribution in [0.2, 0.25) is 0 Å². The predicted octanol–water partition coefficient (Wildman–Crippen LogP) is 1.28. The third kappa shape index (κ3) is 5.70. The largest absolute Gasteiger partial charge is 0.334 e. The Morgan fingerprint density at radius 3 is 2.36 bits per heavy atom. The number of carbonyl (C=O) groups excluding carboxylic acids is 2. The van der Waals surface area contributed by atoms with Gasteiger partial charge in [-0.2, -0.15) is 0 Å². The molecule has 0 saturated carbocycles. The minimum atomic E-state index is -3.10. The second-order valence-corrected chi connectivity index (χ2v) is 8.66. The monoisotopic (exact) mass is 371 g/mol. The van der Waals surface area contributed by atoms with Crippen molar-refractivity contribution >= 4 is 27.5 Å². The standard InChI is InChI=1S/C16H22FN3O4S/c1-10(2)14(15(21)18-12-5-3-11(17)4-6-12)20-16(22)19-13-7-8-25(23,24)9-13/h3-6,10,13-14H,7-9H2,1-2H3,(H,18,21)(H2,19,20,22)/t13-,14+/m1/s1. The molecule has 2 rings (SSSR count). The number of halogens is 1. The van der Waals surface area contributed by atoms with Crippen LogP contribution in [0, 0.1) is 11.7 Å². The Labute approximate surface area is 146 Å². The molecule has 1 heterocycles. The summed E-state index contributed by atoms with van der Waals surface area (Å²) in [6.07, 6.45) is 0.365. The third-order valence-corrected chi connectivity index (χ3v) is 5.68. The number of nitrogens with one attached hydrogen (secondary N) is 3. The maximum absolute atomic E-state index is 12.9. The first kappa shape index (κ1) is 19.2. The number of benzene rings is 1. The highest BCUT2D eigenvalue weighted by molar-refractivity contribution is 7.91. The Morgan fingerprint density at radius 1 is 1.20 bits per heavy atom. The molecule has 25 heavy (non-hydrogen) atoms. The third-order valence-electron chi connectivity index (χ3n) is 3.92. The van der Waals surface area contributed by atoms with E-state index in [0.717, 1.165) is 0 Å². The van der Waals surface area contributed by atoms with Gasteiger partial charge in [0.05, 0.1) is 11.5 Å². The van der Waals surface area contributed by atoms with Gasteiger partial charge in [-0.15, -0.1) is 0 Å². The molecule has 7 nitrogen and oxygen atoms in total. The second-order valence-electron chi connectivity index (χ2n) is 6.44. The summed E-state index contributed by atoms with van der Waals surface area (Å²) in [7, 11) is -3.10. The van der Waals surface area contributed by atoms with Crippen LogP contribution in [0.3, 0.4) is 0 Å². The van der Waals surface area contributed by atoms with Crippen LogP contribution in [-0.2, 0) is 14.6 Å². The molecule has 0 bridgehead atoms. The van der Waals surface area contributed by atoms with Crippen molar-refractivity contribution < 1.29 is 22.4 Å². The Bertz CT molecular complexity index is 734. The smallest absolute Gasteiger partial charge is 0.315 e. The predicted molar refractivity (Wildman–Crippen MR) is 92.4 cm³/mol. The molecule has 0 unspecified atom stereocenters. The van der Waals surface area contributed by atoms with E-state index in [1.165, 1.54) is 24.3 Å². The van der Waals surface area contributed by atoms with Crippen LogP contribution in [0.15, 0.2) is 24.3 Å². The topological polar surface area (TPSA) is 104 Å². The van der Waals surface area contributed by atoms with Gasteiger partial charge in [0.2, 0.25) is 5.91 Å². The number of hydrogen-bond acceptors (Lipinski definition) is 4. The van der Waals surface area contributed by atoms with Gasteiger partial charge >= 0.3 is 6.03 Å². The van der Waals surface area contributed by atoms with Crippen LogP contribution < -0.4 is 16.0 Å². The van der Waals surface area contributed by atoms with Gasteiger partial charge in [-0.1, -0.05) is 13.8 Å². The Morgan fingerprint density at radius 2 is 1.84 bits per heavy atom. The van der Waals surface area contributed by atoms with Gasteiger partial charge in [0.15, 0.2) is 9.84 Å². The molecule has 0 aliphatic carbocycles. The molecule has 9 heteroatoms. The van der Waals surface area contributed by atoms with E-state index in [1.807, 2.05) is 0 Å². The Hall–Kier alpha value is -2.16. The summed E-state index contributed by atoms with van der Waals surface area (Å²) in [4.78, 5) is 24.5. The van der Waals surface area contributed by atoms with Crippen molar-refractivity contribution in [1.82, 2.24) is 10.6 Å². The molecule has 1 aliphatic rings. The number of anilines is 1. The fourth-order valence-corrected chi connectivity index (χ4v) is 4.24. The average molecular weight is 371 g/mol. The van der Waals surface area contributed by atoms with Crippen molar-refractivity contribution in [1.29, 1.82) is 0 Å². The molecule has 1 saturated heterocycles. The lowest BCUT2D eigenvalue weighted by Crippen LogP contribution is -2.52. The van der Waals surface area contributed by atoms with E-state index in [-0.39, 0.29) is 17.4 Å². The van der Waals surface area contributed by atoms with E-state index >= 15 is 0 Å². The Balaban J connectivity index is 1.94. The van der Waals surface area contributed by atoms with Crippen LogP contribution in [-0.4, -0.2) is 43.9 Å². The van der Waals surface area contributed by atoms with Crippen molar-refractivity contribution in [2.24, 2.45) is 5.92 Å². The van der Waals surface area contributed by atoms with Gasteiger partial charge in [0, 0.05) is 11.7 Å². The summed E-state index contributed by atoms with van der Waals surface area (Å²) in [6.45, 7) is 3.55. The van der Waals surface area contributed by atoms with Gasteiger partial charge in [-0.3, -0.25) is 4.79 Å². The van der Waals surface area contributed by atoms with E-state index in [9.17, 15) is 22.4 Å². The molecule has 0 spiro atoms. The lowest BCUT2D eigenvalue weighted by atomic mass is 10.0. The summed E-state index contributed by atoms with van der Waals surface area (Å²) >= 11 is 0. The Kier molecular flexibility index (Phi) is 5.99. The summed E-state index contributed by atoms with van der Waals surface area (Å²) in [6, 6.07) is 3.44. The number of urea groups is 1. The lowest BCUT2D eigenvalue weighted by molar-refractivity contribution is -0.118. The summed E-state index contributed by atoms with van der Waals surface area (Å²) in [5, 5.41) is 7.78. The summed E-state index contributed by atoms with van der Waals surface area (Å²) in [5.74, 6) is -1.08. The SMILES string of the molecule is CC(C)[C@H](NC(=O)N[C@@H]1CCS(=O)(=O)C1)C(=O)Nc1ccc(F)cc1. The second kappa shape index (κ2) is 7.81. The van der Waals surface area contributed by atoms with Crippen molar-refractivity contribution in [3.05, 3.63) is 30.1 Å². The normalized spacial score (nSPS) is 20.1. The summed E-state index contributed by atoms with van der Waals surface area (Å²) in [5.41, 5.74) is 0.418. The highest BCUT2D eigenvalue weighted by atomic mass is 32.2. The zero-order valence-corrected chi connectivity index (χ0v) is 14.9. The molecular weight excluding hydrogens is 349 g/mol. The van der Waals surface area contributed by atoms with Crippen molar-refractivity contribution in [2.45, 2.75) is 32.4 Å². The molecule has 3 N–H and O–H groups in total. The molecule has 2 atom stereocenters. The van der Waals surface area contributed by atoms with Crippen molar-refractivity contribution in [2.75, 3.05) is 16.8 Å². The molecule has 0 radical (unpaired) electrons. The number of sulfone groups is 1. The van der Waals surface area contributed by atoms with Crippen molar-refractivity contribution in [3.8, 4) is 0 Å². The fourth-order valence-electron chi connectivity index (χ4n) is 2.57. The minimum absolute atomic E-state index is 0.0522. The molecule has 0 aromatic heterocycles. The molecule has 138 valence electrons. The molecular formula is C16H22FN3O4S. The summed E-state index contributed by atoms with van der Waals surface area (Å²) < 4.78 is 35.8. The maximum Gasteiger partial charge on any atom is 0.315 e. The van der Waals surface area contributed by atoms with Crippen LogP contribution >= 0.6 is 0 Å². The first-order valence-corrected chi connectivity index (χ1v) is 9.82. The van der Waals surface area contributed by atoms with Gasteiger partial charge < -0.3 is 16.0 Å². The zero-order valence-electron chi connectivity index (χ0n) is 14.1. The van der Waals surface area contributed by atoms with Crippen LogP contribution in [0.4, 0.5) is 14.9 Å². The number of hydrogen-bond donors (Lipinski definition) is 3. The van der Waals surface area contributed by atoms with Crippen LogP contribution in [0.1, 0.15) is 20.3 Å². The first-order valence-electron chi connectivity index (χ1n) is 8.00. The number of rotatable bonds is 5. The molecule has 3 amide bonds. The fraction of sp³-hybridized carbons (Fsp3) is 0.500. The highest BCUT2D eigenvalue weighted by Crippen LogP contribution is 2.13. The van der Waals surface area contributed by atoms with Crippen molar-refractivity contribution in [3.63, 3.8) is 0 Å². The molecule has 1 fully saturated rings. The van der Waals surface area contributed by atoms with Gasteiger partial charge in [0.1, 0.15) is 11.9 Å². The van der Waals surface area contributed by atoms with Gasteiger partial charge in [0.25, 0.3) is 0 Å². The highest BCUT2D eigenvalue weighted by Gasteiger charge is 2.30. The quantitative estimate of drug-likeness (QED) is 0.725. The lowest BCUT2D eigenvalue weighted by Gasteiger charge is -2.23. The number of carbonyl (C=O) groups is 2.